The Bertz CT molecular complexity index is 760. The molecule has 0 atom stereocenters. The molecule has 0 aliphatic carbocycles. The van der Waals surface area contributed by atoms with Gasteiger partial charge >= 0.3 is 0 Å². The average Bonchev–Trinajstić information content (AvgIpc) is 2.68. The second kappa shape index (κ2) is 8.30. The first-order valence-electron chi connectivity index (χ1n) is 9.38. The van der Waals surface area contributed by atoms with Gasteiger partial charge in [-0.1, -0.05) is 55.8 Å². The highest BCUT2D eigenvalue weighted by atomic mass is 16.2. The fraction of sp³-hybridized carbons (Fsp3) is 0.409. The van der Waals surface area contributed by atoms with Gasteiger partial charge in [-0.05, 0) is 54.8 Å². The van der Waals surface area contributed by atoms with Crippen LogP contribution in [0.25, 0.3) is 16.8 Å². The third kappa shape index (κ3) is 3.93. The number of nitrogens with one attached hydrogen (secondary N) is 1. The SMILES string of the molecule is CCC/C=C/c1ccc(C(=O)N(C)C2CCNCC2)c2ccccc12. The van der Waals surface area contributed by atoms with Gasteiger partial charge in [-0.15, -0.1) is 0 Å². The van der Waals surface area contributed by atoms with Gasteiger partial charge in [0.05, 0.1) is 0 Å². The molecule has 1 saturated heterocycles. The first-order chi connectivity index (χ1) is 12.2. The van der Waals surface area contributed by atoms with Crippen LogP contribution in [0.2, 0.25) is 0 Å². The molecule has 1 aliphatic heterocycles. The topological polar surface area (TPSA) is 32.3 Å². The molecule has 1 N–H and O–H groups in total. The standard InChI is InChI=1S/C22H28N2O/c1-3-4-5-8-17-11-12-21(20-10-7-6-9-19(17)20)22(25)24(2)18-13-15-23-16-14-18/h5-12,18,23H,3-4,13-16H2,1-2H3/b8-5+. The molecule has 3 nitrogen and oxygen atoms in total. The number of carbonyl (C=O) groups excluding carboxylic acids is 1. The zero-order valence-electron chi connectivity index (χ0n) is 15.3. The highest BCUT2D eigenvalue weighted by Gasteiger charge is 2.24. The zero-order valence-corrected chi connectivity index (χ0v) is 15.3. The lowest BCUT2D eigenvalue weighted by molar-refractivity contribution is 0.0705. The van der Waals surface area contributed by atoms with Gasteiger partial charge in [0.2, 0.25) is 0 Å². The van der Waals surface area contributed by atoms with Crippen LogP contribution in [-0.4, -0.2) is 37.0 Å². The van der Waals surface area contributed by atoms with Gasteiger partial charge in [0.25, 0.3) is 5.91 Å². The van der Waals surface area contributed by atoms with Crippen LogP contribution in [0.15, 0.2) is 42.5 Å². The molecule has 1 amide bonds. The Labute approximate surface area is 150 Å². The molecule has 132 valence electrons. The summed E-state index contributed by atoms with van der Waals surface area (Å²) in [7, 11) is 1.95. The molecule has 1 heterocycles. The second-order valence-corrected chi connectivity index (χ2v) is 6.84. The number of hydrogen-bond donors (Lipinski definition) is 1. The van der Waals surface area contributed by atoms with Crippen LogP contribution in [0, 0.1) is 0 Å². The molecule has 25 heavy (non-hydrogen) atoms. The zero-order chi connectivity index (χ0) is 17.6. The summed E-state index contributed by atoms with van der Waals surface area (Å²) in [6, 6.07) is 12.6. The minimum Gasteiger partial charge on any atom is -0.339 e. The number of carbonyl (C=O) groups is 1. The quantitative estimate of drug-likeness (QED) is 0.873. The summed E-state index contributed by atoms with van der Waals surface area (Å²) in [5, 5.41) is 5.56. The van der Waals surface area contributed by atoms with E-state index < -0.39 is 0 Å². The van der Waals surface area contributed by atoms with Crippen LogP contribution in [0.3, 0.4) is 0 Å². The Morgan fingerprint density at radius 1 is 1.16 bits per heavy atom. The molecule has 0 radical (unpaired) electrons. The smallest absolute Gasteiger partial charge is 0.254 e. The summed E-state index contributed by atoms with van der Waals surface area (Å²) in [6.07, 6.45) is 8.66. The van der Waals surface area contributed by atoms with Crippen molar-refractivity contribution < 1.29 is 4.79 Å². The maximum absolute atomic E-state index is 13.1. The lowest BCUT2D eigenvalue weighted by Crippen LogP contribution is -2.44. The number of nitrogens with zero attached hydrogens (tertiary/aromatic N) is 1. The molecule has 2 aromatic rings. The molecule has 0 bridgehead atoms. The molecule has 0 aromatic heterocycles. The van der Waals surface area contributed by atoms with Crippen LogP contribution in [0.4, 0.5) is 0 Å². The van der Waals surface area contributed by atoms with Gasteiger partial charge < -0.3 is 10.2 Å². The van der Waals surface area contributed by atoms with Gasteiger partial charge in [0.15, 0.2) is 0 Å². The van der Waals surface area contributed by atoms with E-state index in [0.717, 1.165) is 55.1 Å². The van der Waals surface area contributed by atoms with Crippen molar-refractivity contribution in [2.24, 2.45) is 0 Å². The van der Waals surface area contributed by atoms with E-state index in [0.29, 0.717) is 6.04 Å². The third-order valence-corrected chi connectivity index (χ3v) is 5.12. The van der Waals surface area contributed by atoms with E-state index in [2.05, 4.69) is 42.6 Å². The molecular formula is C22H28N2O. The van der Waals surface area contributed by atoms with Crippen LogP contribution in [0.5, 0.6) is 0 Å². The molecule has 3 heteroatoms. The summed E-state index contributed by atoms with van der Waals surface area (Å²) in [5.41, 5.74) is 1.99. The molecule has 2 aromatic carbocycles. The van der Waals surface area contributed by atoms with E-state index in [-0.39, 0.29) is 5.91 Å². The number of unbranched alkanes of at least 4 members (excludes halogenated alkanes) is 1. The number of rotatable bonds is 5. The number of hydrogen-bond acceptors (Lipinski definition) is 2. The third-order valence-electron chi connectivity index (χ3n) is 5.12. The lowest BCUT2D eigenvalue weighted by atomic mass is 9.97. The fourth-order valence-electron chi connectivity index (χ4n) is 3.58. The van der Waals surface area contributed by atoms with E-state index >= 15 is 0 Å². The highest BCUT2D eigenvalue weighted by Crippen LogP contribution is 2.26. The summed E-state index contributed by atoms with van der Waals surface area (Å²) in [5.74, 6) is 0.132. The van der Waals surface area contributed by atoms with E-state index in [1.807, 2.05) is 30.1 Å². The van der Waals surface area contributed by atoms with Gasteiger partial charge in [-0.3, -0.25) is 4.79 Å². The molecule has 1 aliphatic rings. The van der Waals surface area contributed by atoms with Crippen molar-refractivity contribution in [3.05, 3.63) is 53.6 Å². The molecule has 3 rings (SSSR count). The van der Waals surface area contributed by atoms with Gasteiger partial charge in [-0.25, -0.2) is 0 Å². The molecule has 0 unspecified atom stereocenters. The van der Waals surface area contributed by atoms with Gasteiger partial charge in [0.1, 0.15) is 0 Å². The lowest BCUT2D eigenvalue weighted by Gasteiger charge is -2.32. The molecule has 0 spiro atoms. The maximum Gasteiger partial charge on any atom is 0.254 e. The molecule has 0 saturated carbocycles. The number of allylic oxidation sites excluding steroid dienone is 1. The van der Waals surface area contributed by atoms with E-state index in [4.69, 9.17) is 0 Å². The summed E-state index contributed by atoms with van der Waals surface area (Å²) in [4.78, 5) is 15.1. The Kier molecular flexibility index (Phi) is 5.87. The van der Waals surface area contributed by atoms with Crippen molar-refractivity contribution in [2.75, 3.05) is 20.1 Å². The molecular weight excluding hydrogens is 308 g/mol. The summed E-state index contributed by atoms with van der Waals surface area (Å²) < 4.78 is 0. The Hall–Kier alpha value is -2.13. The first kappa shape index (κ1) is 17.7. The number of fused-ring (bicyclic) bond motifs is 1. The second-order valence-electron chi connectivity index (χ2n) is 6.84. The monoisotopic (exact) mass is 336 g/mol. The maximum atomic E-state index is 13.1. The number of amides is 1. The van der Waals surface area contributed by atoms with Crippen molar-refractivity contribution in [1.29, 1.82) is 0 Å². The molecule has 1 fully saturated rings. The Balaban J connectivity index is 1.93. The highest BCUT2D eigenvalue weighted by molar-refractivity contribution is 6.09. The normalized spacial score (nSPS) is 15.8. The average molecular weight is 336 g/mol. The van der Waals surface area contributed by atoms with E-state index in [9.17, 15) is 4.79 Å². The Morgan fingerprint density at radius 2 is 1.88 bits per heavy atom. The van der Waals surface area contributed by atoms with Gasteiger partial charge in [0, 0.05) is 18.7 Å². The summed E-state index contributed by atoms with van der Waals surface area (Å²) >= 11 is 0. The Morgan fingerprint density at radius 3 is 2.60 bits per heavy atom. The van der Waals surface area contributed by atoms with E-state index in [1.54, 1.807) is 0 Å². The minimum atomic E-state index is 0.132. The largest absolute Gasteiger partial charge is 0.339 e. The minimum absolute atomic E-state index is 0.132. The van der Waals surface area contributed by atoms with Crippen molar-refractivity contribution in [1.82, 2.24) is 10.2 Å². The summed E-state index contributed by atoms with van der Waals surface area (Å²) in [6.45, 7) is 4.16. The van der Waals surface area contributed by atoms with Crippen molar-refractivity contribution in [3.8, 4) is 0 Å². The van der Waals surface area contributed by atoms with Crippen molar-refractivity contribution in [3.63, 3.8) is 0 Å². The van der Waals surface area contributed by atoms with Crippen LogP contribution in [-0.2, 0) is 0 Å². The predicted molar refractivity (Wildman–Crippen MR) is 106 cm³/mol. The first-order valence-corrected chi connectivity index (χ1v) is 9.38. The number of benzene rings is 2. The van der Waals surface area contributed by atoms with Crippen molar-refractivity contribution >= 4 is 22.8 Å². The van der Waals surface area contributed by atoms with Gasteiger partial charge in [-0.2, -0.15) is 0 Å². The predicted octanol–water partition coefficient (Wildman–Crippen LogP) is 4.48. The fourth-order valence-corrected chi connectivity index (χ4v) is 3.58. The van der Waals surface area contributed by atoms with Crippen molar-refractivity contribution in [2.45, 2.75) is 38.6 Å². The van der Waals surface area contributed by atoms with Crippen LogP contribution >= 0.6 is 0 Å². The van der Waals surface area contributed by atoms with Crippen LogP contribution in [0.1, 0.15) is 48.5 Å². The van der Waals surface area contributed by atoms with E-state index in [1.165, 1.54) is 5.56 Å². The number of piperidine rings is 1. The van der Waals surface area contributed by atoms with Crippen LogP contribution < -0.4 is 5.32 Å².